The molecule has 1 aliphatic rings. The first kappa shape index (κ1) is 13.4. The van der Waals surface area contributed by atoms with E-state index in [0.717, 1.165) is 0 Å². The number of nitrogens with one attached hydrogen (secondary N) is 1. The second kappa shape index (κ2) is 5.12. The molecule has 1 heterocycles. The third-order valence-corrected chi connectivity index (χ3v) is 2.59. The predicted molar refractivity (Wildman–Crippen MR) is 60.7 cm³/mol. The molecule has 1 fully saturated rings. The van der Waals surface area contributed by atoms with Gasteiger partial charge in [-0.3, -0.25) is 4.79 Å². The maximum Gasteiger partial charge on any atom is 0.237 e. The van der Waals surface area contributed by atoms with Crippen LogP contribution in [0.4, 0.5) is 0 Å². The normalized spacial score (nSPS) is 25.8. The second-order valence-electron chi connectivity index (χ2n) is 4.97. The monoisotopic (exact) mass is 230 g/mol. The molecule has 0 radical (unpaired) electrons. The molecule has 0 aliphatic carbocycles. The highest BCUT2D eigenvalue weighted by atomic mass is 16.7. The van der Waals surface area contributed by atoms with Gasteiger partial charge >= 0.3 is 0 Å². The quantitative estimate of drug-likeness (QED) is 0.725. The van der Waals surface area contributed by atoms with E-state index in [2.05, 4.69) is 5.32 Å². The minimum Gasteiger partial charge on any atom is -0.352 e. The Balaban J connectivity index is 2.28. The van der Waals surface area contributed by atoms with Crippen LogP contribution < -0.4 is 11.1 Å². The van der Waals surface area contributed by atoms with Crippen LogP contribution in [0.1, 0.15) is 27.7 Å². The Kier molecular flexibility index (Phi) is 4.29. The molecular weight excluding hydrogens is 208 g/mol. The van der Waals surface area contributed by atoms with Gasteiger partial charge in [0, 0.05) is 6.54 Å². The van der Waals surface area contributed by atoms with Gasteiger partial charge in [0.1, 0.15) is 6.10 Å². The molecule has 1 rings (SSSR count). The Labute approximate surface area is 96.7 Å². The summed E-state index contributed by atoms with van der Waals surface area (Å²) < 4.78 is 10.9. The van der Waals surface area contributed by atoms with E-state index in [1.807, 2.05) is 27.7 Å². The topological polar surface area (TPSA) is 73.6 Å². The minimum absolute atomic E-state index is 0.0849. The van der Waals surface area contributed by atoms with Crippen LogP contribution in [-0.4, -0.2) is 37.0 Å². The lowest BCUT2D eigenvalue weighted by Crippen LogP contribution is -2.46. The molecule has 0 saturated carbocycles. The number of carbonyl (C=O) groups excluding carboxylic acids is 1. The van der Waals surface area contributed by atoms with Crippen LogP contribution in [0, 0.1) is 5.92 Å². The van der Waals surface area contributed by atoms with Crippen LogP contribution in [0.5, 0.6) is 0 Å². The maximum absolute atomic E-state index is 11.6. The Hall–Kier alpha value is -0.650. The van der Waals surface area contributed by atoms with E-state index in [4.69, 9.17) is 15.2 Å². The van der Waals surface area contributed by atoms with Crippen LogP contribution in [0.2, 0.25) is 0 Å². The van der Waals surface area contributed by atoms with Crippen molar-refractivity contribution >= 4 is 5.91 Å². The first-order chi connectivity index (χ1) is 7.32. The molecule has 1 saturated heterocycles. The number of carbonyl (C=O) groups is 1. The van der Waals surface area contributed by atoms with E-state index >= 15 is 0 Å². The van der Waals surface area contributed by atoms with Crippen LogP contribution in [0.15, 0.2) is 0 Å². The van der Waals surface area contributed by atoms with Crippen molar-refractivity contribution in [3.8, 4) is 0 Å². The molecule has 0 aromatic heterocycles. The Morgan fingerprint density at radius 3 is 2.62 bits per heavy atom. The van der Waals surface area contributed by atoms with E-state index < -0.39 is 11.8 Å². The fraction of sp³-hybridized carbons (Fsp3) is 0.909. The molecule has 5 nitrogen and oxygen atoms in total. The van der Waals surface area contributed by atoms with Gasteiger partial charge in [-0.05, 0) is 19.8 Å². The molecule has 1 amide bonds. The largest absolute Gasteiger partial charge is 0.352 e. The van der Waals surface area contributed by atoms with Crippen LogP contribution in [0.25, 0.3) is 0 Å². The van der Waals surface area contributed by atoms with Gasteiger partial charge in [-0.1, -0.05) is 13.8 Å². The van der Waals surface area contributed by atoms with Crippen molar-refractivity contribution in [1.29, 1.82) is 0 Å². The molecule has 3 N–H and O–H groups in total. The van der Waals surface area contributed by atoms with Gasteiger partial charge in [-0.2, -0.15) is 0 Å². The molecule has 5 heteroatoms. The van der Waals surface area contributed by atoms with Crippen LogP contribution in [0.3, 0.4) is 0 Å². The third-order valence-electron chi connectivity index (χ3n) is 2.59. The molecule has 0 bridgehead atoms. The molecular formula is C11H22N2O3. The number of nitrogens with two attached hydrogens (primary N) is 1. The lowest BCUT2D eigenvalue weighted by atomic mass is 10.1. The van der Waals surface area contributed by atoms with Gasteiger partial charge < -0.3 is 20.5 Å². The van der Waals surface area contributed by atoms with Crippen molar-refractivity contribution < 1.29 is 14.3 Å². The summed E-state index contributed by atoms with van der Waals surface area (Å²) in [7, 11) is 0. The molecule has 16 heavy (non-hydrogen) atoms. The van der Waals surface area contributed by atoms with Crippen molar-refractivity contribution in [3.63, 3.8) is 0 Å². The average molecular weight is 230 g/mol. The predicted octanol–water partition coefficient (Wildman–Crippen LogP) is 0.237. The van der Waals surface area contributed by atoms with Gasteiger partial charge in [0.05, 0.1) is 12.6 Å². The van der Waals surface area contributed by atoms with Crippen molar-refractivity contribution in [2.45, 2.75) is 45.6 Å². The Morgan fingerprint density at radius 1 is 1.56 bits per heavy atom. The number of hydrogen-bond acceptors (Lipinski definition) is 4. The average Bonchev–Trinajstić information content (AvgIpc) is 2.53. The van der Waals surface area contributed by atoms with Crippen LogP contribution in [-0.2, 0) is 14.3 Å². The SMILES string of the molecule is CC(C)[C@H](N)C(=O)NCC1COC(C)(C)O1. The standard InChI is InChI=1S/C11H22N2O3/c1-7(2)9(12)10(14)13-5-8-6-15-11(3,4)16-8/h7-9H,5-6,12H2,1-4H3,(H,13,14)/t8?,9-/m0/s1. The molecule has 1 unspecified atom stereocenters. The Bertz CT molecular complexity index is 254. The molecule has 94 valence electrons. The summed E-state index contributed by atoms with van der Waals surface area (Å²) in [4.78, 5) is 11.6. The first-order valence-corrected chi connectivity index (χ1v) is 5.67. The molecule has 2 atom stereocenters. The smallest absolute Gasteiger partial charge is 0.237 e. The molecule has 0 aromatic carbocycles. The second-order valence-corrected chi connectivity index (χ2v) is 4.97. The van der Waals surface area contributed by atoms with E-state index in [1.54, 1.807) is 0 Å². The summed E-state index contributed by atoms with van der Waals surface area (Å²) in [5.41, 5.74) is 5.71. The van der Waals surface area contributed by atoms with Crippen molar-refractivity contribution in [2.24, 2.45) is 11.7 Å². The lowest BCUT2D eigenvalue weighted by Gasteiger charge is -2.19. The zero-order chi connectivity index (χ0) is 12.3. The highest BCUT2D eigenvalue weighted by molar-refractivity contribution is 5.81. The summed E-state index contributed by atoms with van der Waals surface area (Å²) in [6.07, 6.45) is -0.0849. The highest BCUT2D eigenvalue weighted by Gasteiger charge is 2.32. The Morgan fingerprint density at radius 2 is 2.19 bits per heavy atom. The van der Waals surface area contributed by atoms with Gasteiger partial charge in [0.15, 0.2) is 5.79 Å². The third kappa shape index (κ3) is 3.73. The minimum atomic E-state index is -0.546. The van der Waals surface area contributed by atoms with Gasteiger partial charge in [0.2, 0.25) is 5.91 Å². The van der Waals surface area contributed by atoms with E-state index in [-0.39, 0.29) is 17.9 Å². The number of rotatable bonds is 4. The van der Waals surface area contributed by atoms with E-state index in [0.29, 0.717) is 13.2 Å². The van der Waals surface area contributed by atoms with Gasteiger partial charge in [0.25, 0.3) is 0 Å². The zero-order valence-electron chi connectivity index (χ0n) is 10.4. The van der Waals surface area contributed by atoms with Gasteiger partial charge in [-0.25, -0.2) is 0 Å². The summed E-state index contributed by atoms with van der Waals surface area (Å²) in [5, 5.41) is 2.77. The zero-order valence-corrected chi connectivity index (χ0v) is 10.4. The number of hydrogen-bond donors (Lipinski definition) is 2. The maximum atomic E-state index is 11.6. The number of ether oxygens (including phenoxy) is 2. The molecule has 1 aliphatic heterocycles. The van der Waals surface area contributed by atoms with Crippen LogP contribution >= 0.6 is 0 Å². The van der Waals surface area contributed by atoms with Crippen molar-refractivity contribution in [2.75, 3.05) is 13.2 Å². The molecule has 0 aromatic rings. The highest BCUT2D eigenvalue weighted by Crippen LogP contribution is 2.21. The number of amides is 1. The lowest BCUT2D eigenvalue weighted by molar-refractivity contribution is -0.139. The summed E-state index contributed by atoms with van der Waals surface area (Å²) in [6.45, 7) is 8.50. The van der Waals surface area contributed by atoms with Crippen molar-refractivity contribution in [1.82, 2.24) is 5.32 Å². The fourth-order valence-electron chi connectivity index (χ4n) is 1.50. The fourth-order valence-corrected chi connectivity index (χ4v) is 1.50. The summed E-state index contributed by atoms with van der Waals surface area (Å²) >= 11 is 0. The summed E-state index contributed by atoms with van der Waals surface area (Å²) in [5.74, 6) is -0.546. The molecule has 0 spiro atoms. The first-order valence-electron chi connectivity index (χ1n) is 5.67. The van der Waals surface area contributed by atoms with E-state index in [9.17, 15) is 4.79 Å². The van der Waals surface area contributed by atoms with E-state index in [1.165, 1.54) is 0 Å². The van der Waals surface area contributed by atoms with Gasteiger partial charge in [-0.15, -0.1) is 0 Å². The summed E-state index contributed by atoms with van der Waals surface area (Å²) in [6, 6.07) is -0.463. The van der Waals surface area contributed by atoms with Crippen molar-refractivity contribution in [3.05, 3.63) is 0 Å².